The van der Waals surface area contributed by atoms with Crippen molar-refractivity contribution < 1.29 is 4.79 Å². The van der Waals surface area contributed by atoms with Crippen molar-refractivity contribution in [1.29, 1.82) is 0 Å². The van der Waals surface area contributed by atoms with Gasteiger partial charge in [-0.05, 0) is 23.8 Å². The molecular formula is C19H19N3O. The van der Waals surface area contributed by atoms with Crippen LogP contribution in [0.15, 0.2) is 55.1 Å². The summed E-state index contributed by atoms with van der Waals surface area (Å²) in [5.41, 5.74) is 9.30. The van der Waals surface area contributed by atoms with E-state index in [0.717, 1.165) is 34.3 Å². The van der Waals surface area contributed by atoms with Crippen LogP contribution in [-0.2, 0) is 0 Å². The lowest BCUT2D eigenvalue weighted by atomic mass is 10.2. The van der Waals surface area contributed by atoms with Crippen LogP contribution in [-0.4, -0.2) is 23.9 Å². The topological polar surface area (TPSA) is 60.1 Å². The molecular weight excluding hydrogens is 286 g/mol. The third-order valence-corrected chi connectivity index (χ3v) is 3.86. The van der Waals surface area contributed by atoms with Crippen LogP contribution in [0.3, 0.4) is 0 Å². The molecule has 3 N–H and O–H groups in total. The Hall–Kier alpha value is -2.85. The number of hydrogen-bond acceptors (Lipinski definition) is 3. The van der Waals surface area contributed by atoms with E-state index in [1.165, 1.54) is 0 Å². The number of carbonyl (C=O) groups is 1. The minimum absolute atomic E-state index is 0.495. The van der Waals surface area contributed by atoms with Gasteiger partial charge in [-0.15, -0.1) is 0 Å². The molecule has 3 rings (SSSR count). The number of rotatable bonds is 6. The van der Waals surface area contributed by atoms with Crippen molar-refractivity contribution in [2.45, 2.75) is 0 Å². The van der Waals surface area contributed by atoms with Crippen molar-refractivity contribution in [3.8, 4) is 5.69 Å². The Kier molecular flexibility index (Phi) is 4.26. The number of anilines is 1. The van der Waals surface area contributed by atoms with Crippen LogP contribution in [0.25, 0.3) is 22.7 Å². The van der Waals surface area contributed by atoms with Crippen molar-refractivity contribution in [3.63, 3.8) is 0 Å². The number of nitrogens with one attached hydrogen (secondary N) is 1. The first-order valence-electron chi connectivity index (χ1n) is 7.55. The molecule has 23 heavy (non-hydrogen) atoms. The Labute approximate surface area is 135 Å². The molecule has 1 heterocycles. The van der Waals surface area contributed by atoms with E-state index in [-0.39, 0.29) is 0 Å². The maximum atomic E-state index is 11.7. The lowest BCUT2D eigenvalue weighted by Gasteiger charge is -2.13. The standard InChI is InChI=1S/C19H19N3O/c1-2-14-7-9-15(10-8-14)22-18-6-4-3-5-16(18)17(13-23)19(22)21-12-11-20/h2-10,13,21H,1,11-12,20H2. The number of carbonyl (C=O) groups excluding carboxylic acids is 1. The average molecular weight is 305 g/mol. The van der Waals surface area contributed by atoms with Crippen LogP contribution in [0.1, 0.15) is 15.9 Å². The molecule has 0 aliphatic carbocycles. The van der Waals surface area contributed by atoms with Gasteiger partial charge in [0, 0.05) is 24.2 Å². The van der Waals surface area contributed by atoms with Crippen molar-refractivity contribution in [2.75, 3.05) is 18.4 Å². The molecule has 0 fully saturated rings. The highest BCUT2D eigenvalue weighted by Crippen LogP contribution is 2.32. The largest absolute Gasteiger partial charge is 0.369 e. The summed E-state index contributed by atoms with van der Waals surface area (Å²) in [5, 5.41) is 4.21. The summed E-state index contributed by atoms with van der Waals surface area (Å²) >= 11 is 0. The van der Waals surface area contributed by atoms with Crippen LogP contribution < -0.4 is 11.1 Å². The maximum absolute atomic E-state index is 11.7. The van der Waals surface area contributed by atoms with Crippen LogP contribution in [0.2, 0.25) is 0 Å². The molecule has 0 aliphatic rings. The molecule has 3 aromatic rings. The lowest BCUT2D eigenvalue weighted by Crippen LogP contribution is -2.16. The fourth-order valence-corrected chi connectivity index (χ4v) is 2.78. The number of nitrogens with two attached hydrogens (primary N) is 1. The quantitative estimate of drug-likeness (QED) is 0.686. The number of hydrogen-bond donors (Lipinski definition) is 2. The Bertz CT molecular complexity index is 847. The number of para-hydroxylation sites is 1. The number of aromatic nitrogens is 1. The van der Waals surface area contributed by atoms with Gasteiger partial charge in [0.05, 0.1) is 11.1 Å². The van der Waals surface area contributed by atoms with Gasteiger partial charge in [-0.1, -0.05) is 43.0 Å². The van der Waals surface area contributed by atoms with Gasteiger partial charge in [-0.25, -0.2) is 0 Å². The van der Waals surface area contributed by atoms with E-state index in [1.807, 2.05) is 54.6 Å². The molecule has 0 atom stereocenters. The molecule has 4 heteroatoms. The summed E-state index contributed by atoms with van der Waals surface area (Å²) in [4.78, 5) is 11.7. The Morgan fingerprint density at radius 1 is 1.13 bits per heavy atom. The molecule has 1 aromatic heterocycles. The van der Waals surface area contributed by atoms with Crippen molar-refractivity contribution >= 4 is 29.1 Å². The first-order chi connectivity index (χ1) is 11.3. The minimum atomic E-state index is 0.495. The second kappa shape index (κ2) is 6.50. The smallest absolute Gasteiger partial charge is 0.154 e. The molecule has 0 aliphatic heterocycles. The third kappa shape index (κ3) is 2.64. The minimum Gasteiger partial charge on any atom is -0.369 e. The Morgan fingerprint density at radius 3 is 2.52 bits per heavy atom. The summed E-state index contributed by atoms with van der Waals surface area (Å²) < 4.78 is 2.06. The molecule has 0 radical (unpaired) electrons. The van der Waals surface area contributed by atoms with E-state index in [0.29, 0.717) is 18.7 Å². The molecule has 2 aromatic carbocycles. The maximum Gasteiger partial charge on any atom is 0.154 e. The highest BCUT2D eigenvalue weighted by molar-refractivity contribution is 6.04. The first kappa shape index (κ1) is 15.1. The fraction of sp³-hybridized carbons (Fsp3) is 0.105. The van der Waals surface area contributed by atoms with Gasteiger partial charge in [-0.2, -0.15) is 0 Å². The summed E-state index contributed by atoms with van der Waals surface area (Å²) in [7, 11) is 0. The van der Waals surface area contributed by atoms with Gasteiger partial charge in [0.2, 0.25) is 0 Å². The summed E-state index contributed by atoms with van der Waals surface area (Å²) in [5.74, 6) is 0.776. The zero-order chi connectivity index (χ0) is 16.2. The van der Waals surface area contributed by atoms with E-state index < -0.39 is 0 Å². The van der Waals surface area contributed by atoms with Gasteiger partial charge in [0.1, 0.15) is 5.82 Å². The average Bonchev–Trinajstić information content (AvgIpc) is 2.93. The van der Waals surface area contributed by atoms with Gasteiger partial charge >= 0.3 is 0 Å². The zero-order valence-corrected chi connectivity index (χ0v) is 12.8. The molecule has 0 amide bonds. The van der Waals surface area contributed by atoms with E-state index in [1.54, 1.807) is 0 Å². The Morgan fingerprint density at radius 2 is 1.87 bits per heavy atom. The monoisotopic (exact) mass is 305 g/mol. The predicted molar refractivity (Wildman–Crippen MR) is 96.3 cm³/mol. The van der Waals surface area contributed by atoms with Gasteiger partial charge in [0.15, 0.2) is 6.29 Å². The first-order valence-corrected chi connectivity index (χ1v) is 7.55. The highest BCUT2D eigenvalue weighted by atomic mass is 16.1. The van der Waals surface area contributed by atoms with Crippen LogP contribution in [0, 0.1) is 0 Å². The molecule has 0 unspecified atom stereocenters. The van der Waals surface area contributed by atoms with Crippen LogP contribution in [0.4, 0.5) is 5.82 Å². The molecule has 116 valence electrons. The molecule has 0 spiro atoms. The van der Waals surface area contributed by atoms with Gasteiger partial charge < -0.3 is 11.1 Å². The van der Waals surface area contributed by atoms with Crippen LogP contribution in [0.5, 0.6) is 0 Å². The highest BCUT2D eigenvalue weighted by Gasteiger charge is 2.17. The van der Waals surface area contributed by atoms with Crippen molar-refractivity contribution in [1.82, 2.24) is 4.57 Å². The SMILES string of the molecule is C=Cc1ccc(-n2c(NCCN)c(C=O)c3ccccc32)cc1. The predicted octanol–water partition coefficient (Wildman–Crippen LogP) is 3.46. The van der Waals surface area contributed by atoms with Crippen molar-refractivity contribution in [2.24, 2.45) is 5.73 Å². The number of benzene rings is 2. The van der Waals surface area contributed by atoms with Gasteiger partial charge in [-0.3, -0.25) is 9.36 Å². The summed E-state index contributed by atoms with van der Waals surface area (Å²) in [6.07, 6.45) is 2.71. The normalized spacial score (nSPS) is 10.7. The number of nitrogens with zero attached hydrogens (tertiary/aromatic N) is 1. The lowest BCUT2D eigenvalue weighted by molar-refractivity contribution is 0.112. The zero-order valence-electron chi connectivity index (χ0n) is 12.8. The van der Waals surface area contributed by atoms with E-state index in [9.17, 15) is 4.79 Å². The number of fused-ring (bicyclic) bond motifs is 1. The molecule has 4 nitrogen and oxygen atoms in total. The second-order valence-corrected chi connectivity index (χ2v) is 5.24. The molecule has 0 bridgehead atoms. The van der Waals surface area contributed by atoms with Gasteiger partial charge in [0.25, 0.3) is 0 Å². The number of aldehydes is 1. The van der Waals surface area contributed by atoms with Crippen LogP contribution >= 0.6 is 0 Å². The fourth-order valence-electron chi connectivity index (χ4n) is 2.78. The van der Waals surface area contributed by atoms with E-state index in [2.05, 4.69) is 16.5 Å². The van der Waals surface area contributed by atoms with E-state index >= 15 is 0 Å². The third-order valence-electron chi connectivity index (χ3n) is 3.86. The second-order valence-electron chi connectivity index (χ2n) is 5.24. The summed E-state index contributed by atoms with van der Waals surface area (Å²) in [6, 6.07) is 15.9. The molecule has 0 saturated carbocycles. The molecule has 0 saturated heterocycles. The summed E-state index contributed by atoms with van der Waals surface area (Å²) in [6.45, 7) is 4.87. The van der Waals surface area contributed by atoms with Crippen molar-refractivity contribution in [3.05, 3.63) is 66.2 Å². The van der Waals surface area contributed by atoms with E-state index in [4.69, 9.17) is 5.73 Å². The Balaban J connectivity index is 2.27.